The lowest BCUT2D eigenvalue weighted by Crippen LogP contribution is -2.14. The van der Waals surface area contributed by atoms with Crippen LogP contribution in [0.3, 0.4) is 0 Å². The first kappa shape index (κ1) is 22.6. The van der Waals surface area contributed by atoms with E-state index in [2.05, 4.69) is 85.8 Å². The quantitative estimate of drug-likeness (QED) is 0.334. The van der Waals surface area contributed by atoms with Gasteiger partial charge in [-0.05, 0) is 104 Å². The summed E-state index contributed by atoms with van der Waals surface area (Å²) in [6.45, 7) is 5.10. The van der Waals surface area contributed by atoms with Crippen LogP contribution in [0, 0.1) is 5.92 Å². The number of ether oxygens (including phenoxy) is 1. The van der Waals surface area contributed by atoms with E-state index in [4.69, 9.17) is 4.74 Å². The van der Waals surface area contributed by atoms with E-state index in [0.717, 1.165) is 30.6 Å². The van der Waals surface area contributed by atoms with E-state index in [0.29, 0.717) is 5.92 Å². The van der Waals surface area contributed by atoms with Gasteiger partial charge in [0.1, 0.15) is 5.75 Å². The lowest BCUT2D eigenvalue weighted by molar-refractivity contribution is 0.310. The molecule has 0 saturated heterocycles. The Balaban J connectivity index is 1.22. The SMILES string of the molecule is CCOc1ccc(CCC2CCC(c3ccc(C[C@H](C)c4ccccc4)cc3)CC2)cc1. The van der Waals surface area contributed by atoms with Crippen LogP contribution in [-0.2, 0) is 12.8 Å². The fourth-order valence-electron chi connectivity index (χ4n) is 5.25. The predicted octanol–water partition coefficient (Wildman–Crippen LogP) is 8.34. The van der Waals surface area contributed by atoms with E-state index < -0.39 is 0 Å². The summed E-state index contributed by atoms with van der Waals surface area (Å²) in [6.07, 6.45) is 9.04. The largest absolute Gasteiger partial charge is 0.494 e. The Bertz CT molecular complexity index is 918. The first-order valence-electron chi connectivity index (χ1n) is 12.6. The molecule has 0 aliphatic heterocycles. The minimum atomic E-state index is 0.563. The molecule has 1 aliphatic carbocycles. The third-order valence-corrected chi connectivity index (χ3v) is 7.28. The highest BCUT2D eigenvalue weighted by molar-refractivity contribution is 5.29. The molecule has 0 aromatic heterocycles. The molecule has 1 atom stereocenters. The predicted molar refractivity (Wildman–Crippen MR) is 136 cm³/mol. The van der Waals surface area contributed by atoms with E-state index in [1.807, 2.05) is 6.92 Å². The fraction of sp³-hybridized carbons (Fsp3) is 0.419. The van der Waals surface area contributed by atoms with Crippen molar-refractivity contribution in [2.45, 2.75) is 70.6 Å². The Labute approximate surface area is 194 Å². The summed E-state index contributed by atoms with van der Waals surface area (Å²) in [4.78, 5) is 0. The molecule has 0 unspecified atom stereocenters. The van der Waals surface area contributed by atoms with Crippen LogP contribution in [0.1, 0.15) is 80.0 Å². The maximum atomic E-state index is 5.56. The van der Waals surface area contributed by atoms with Crippen molar-refractivity contribution in [3.05, 3.63) is 101 Å². The molecule has 4 rings (SSSR count). The average Bonchev–Trinajstić information content (AvgIpc) is 2.85. The maximum absolute atomic E-state index is 5.56. The summed E-state index contributed by atoms with van der Waals surface area (Å²) in [5, 5.41) is 0. The highest BCUT2D eigenvalue weighted by Crippen LogP contribution is 2.37. The molecule has 3 aromatic rings. The second kappa shape index (κ2) is 11.4. The molecule has 1 heteroatoms. The van der Waals surface area contributed by atoms with Gasteiger partial charge in [-0.1, -0.05) is 73.7 Å². The second-order valence-electron chi connectivity index (χ2n) is 9.59. The topological polar surface area (TPSA) is 9.23 Å². The van der Waals surface area contributed by atoms with Crippen molar-refractivity contribution in [1.29, 1.82) is 0 Å². The Morgan fingerprint density at radius 3 is 2.09 bits per heavy atom. The molecule has 0 bridgehead atoms. The molecule has 0 radical (unpaired) electrons. The Hall–Kier alpha value is -2.54. The molecule has 0 N–H and O–H groups in total. The van der Waals surface area contributed by atoms with Crippen LogP contribution < -0.4 is 4.74 Å². The zero-order chi connectivity index (χ0) is 22.2. The molecule has 1 fully saturated rings. The van der Waals surface area contributed by atoms with Crippen LogP contribution in [0.5, 0.6) is 5.75 Å². The third kappa shape index (κ3) is 6.25. The third-order valence-electron chi connectivity index (χ3n) is 7.28. The van der Waals surface area contributed by atoms with Crippen molar-refractivity contribution < 1.29 is 4.74 Å². The molecule has 1 saturated carbocycles. The molecule has 32 heavy (non-hydrogen) atoms. The van der Waals surface area contributed by atoms with Gasteiger partial charge in [0, 0.05) is 0 Å². The van der Waals surface area contributed by atoms with Gasteiger partial charge >= 0.3 is 0 Å². The number of rotatable bonds is 9. The van der Waals surface area contributed by atoms with E-state index in [1.165, 1.54) is 55.2 Å². The Morgan fingerprint density at radius 1 is 0.781 bits per heavy atom. The van der Waals surface area contributed by atoms with E-state index in [-0.39, 0.29) is 0 Å². The summed E-state index contributed by atoms with van der Waals surface area (Å²) in [7, 11) is 0. The summed E-state index contributed by atoms with van der Waals surface area (Å²) in [5.41, 5.74) is 5.87. The van der Waals surface area contributed by atoms with Crippen LogP contribution >= 0.6 is 0 Å². The second-order valence-corrected chi connectivity index (χ2v) is 9.59. The highest BCUT2D eigenvalue weighted by atomic mass is 16.5. The summed E-state index contributed by atoms with van der Waals surface area (Å²) in [5.74, 6) is 3.17. The lowest BCUT2D eigenvalue weighted by atomic mass is 9.76. The zero-order valence-corrected chi connectivity index (χ0v) is 19.8. The van der Waals surface area contributed by atoms with Crippen LogP contribution in [-0.4, -0.2) is 6.61 Å². The Kier molecular flexibility index (Phi) is 8.04. The summed E-state index contributed by atoms with van der Waals surface area (Å²) in [6, 6.07) is 29.1. The molecule has 0 heterocycles. The number of hydrogen-bond donors (Lipinski definition) is 0. The number of benzene rings is 3. The molecule has 0 spiro atoms. The molecule has 0 amide bonds. The van der Waals surface area contributed by atoms with Gasteiger partial charge in [0.2, 0.25) is 0 Å². The van der Waals surface area contributed by atoms with Crippen LogP contribution in [0.4, 0.5) is 0 Å². The molecule has 168 valence electrons. The molecular weight excluding hydrogens is 388 g/mol. The smallest absolute Gasteiger partial charge is 0.119 e. The van der Waals surface area contributed by atoms with Crippen LogP contribution in [0.25, 0.3) is 0 Å². The minimum absolute atomic E-state index is 0.563. The lowest BCUT2D eigenvalue weighted by Gasteiger charge is -2.29. The number of hydrogen-bond acceptors (Lipinski definition) is 1. The summed E-state index contributed by atoms with van der Waals surface area (Å²) >= 11 is 0. The van der Waals surface area contributed by atoms with Gasteiger partial charge in [0.05, 0.1) is 6.61 Å². The van der Waals surface area contributed by atoms with Crippen molar-refractivity contribution in [1.82, 2.24) is 0 Å². The van der Waals surface area contributed by atoms with Gasteiger partial charge in [-0.3, -0.25) is 0 Å². The first-order chi connectivity index (χ1) is 15.7. The standard InChI is InChI=1S/C31H38O/c1-3-32-31-21-15-26(16-22-31)10-9-25-11-17-29(18-12-25)30-19-13-27(14-20-30)23-24(2)28-7-5-4-6-8-28/h4-8,13-16,19-22,24-25,29H,3,9-12,17-18,23H2,1-2H3/t24-,25?,29?/m0/s1. The van der Waals surface area contributed by atoms with Crippen molar-refractivity contribution in [2.24, 2.45) is 5.92 Å². The molecule has 1 aliphatic rings. The monoisotopic (exact) mass is 426 g/mol. The van der Waals surface area contributed by atoms with Crippen molar-refractivity contribution in [3.8, 4) is 5.75 Å². The molecule has 3 aromatic carbocycles. The summed E-state index contributed by atoms with van der Waals surface area (Å²) < 4.78 is 5.56. The number of aryl methyl sites for hydroxylation is 1. The van der Waals surface area contributed by atoms with Gasteiger partial charge in [-0.2, -0.15) is 0 Å². The normalized spacial score (nSPS) is 19.4. The van der Waals surface area contributed by atoms with Gasteiger partial charge in [0.25, 0.3) is 0 Å². The van der Waals surface area contributed by atoms with Crippen LogP contribution in [0.15, 0.2) is 78.9 Å². The van der Waals surface area contributed by atoms with Crippen molar-refractivity contribution in [3.63, 3.8) is 0 Å². The minimum Gasteiger partial charge on any atom is -0.494 e. The van der Waals surface area contributed by atoms with E-state index >= 15 is 0 Å². The average molecular weight is 427 g/mol. The van der Waals surface area contributed by atoms with Gasteiger partial charge in [-0.25, -0.2) is 0 Å². The highest BCUT2D eigenvalue weighted by Gasteiger charge is 2.22. The molecular formula is C31H38O. The van der Waals surface area contributed by atoms with Gasteiger partial charge < -0.3 is 4.74 Å². The van der Waals surface area contributed by atoms with Crippen molar-refractivity contribution in [2.75, 3.05) is 6.61 Å². The van der Waals surface area contributed by atoms with Crippen molar-refractivity contribution >= 4 is 0 Å². The first-order valence-corrected chi connectivity index (χ1v) is 12.6. The van der Waals surface area contributed by atoms with Crippen LogP contribution in [0.2, 0.25) is 0 Å². The zero-order valence-electron chi connectivity index (χ0n) is 19.8. The van der Waals surface area contributed by atoms with Gasteiger partial charge in [-0.15, -0.1) is 0 Å². The maximum Gasteiger partial charge on any atom is 0.119 e. The van der Waals surface area contributed by atoms with E-state index in [1.54, 1.807) is 5.56 Å². The molecule has 1 nitrogen and oxygen atoms in total. The van der Waals surface area contributed by atoms with Gasteiger partial charge in [0.15, 0.2) is 0 Å². The Morgan fingerprint density at radius 2 is 1.44 bits per heavy atom. The fourth-order valence-corrected chi connectivity index (χ4v) is 5.25. The van der Waals surface area contributed by atoms with E-state index in [9.17, 15) is 0 Å².